The third-order valence-electron chi connectivity index (χ3n) is 8.16. The Morgan fingerprint density at radius 2 is 0.959 bits per heavy atom. The highest BCUT2D eigenvalue weighted by Gasteiger charge is 2.59. The molecule has 4 aliphatic rings. The molecule has 288 valence electrons. The van der Waals surface area contributed by atoms with Gasteiger partial charge in [0.15, 0.2) is 12.6 Å². The molecule has 4 aliphatic heterocycles. The van der Waals surface area contributed by atoms with Gasteiger partial charge in [-0.15, -0.1) is 81.2 Å². The Morgan fingerprint density at radius 3 is 1.29 bits per heavy atom. The first kappa shape index (κ1) is 44.3. The highest BCUT2D eigenvalue weighted by molar-refractivity contribution is 6.23. The lowest BCUT2D eigenvalue weighted by atomic mass is 10.0. The van der Waals surface area contributed by atoms with Crippen LogP contribution in [0.5, 0.6) is 0 Å². The summed E-state index contributed by atoms with van der Waals surface area (Å²) >= 11 is 40.7. The number of hydrogen-bond acceptors (Lipinski definition) is 16. The van der Waals surface area contributed by atoms with Gasteiger partial charge in [-0.25, -0.2) is 0 Å². The third-order valence-corrected chi connectivity index (χ3v) is 10.9. The second kappa shape index (κ2) is 19.0. The predicted octanol–water partition coefficient (Wildman–Crippen LogP) is -1.49. The van der Waals surface area contributed by atoms with E-state index in [2.05, 4.69) is 0 Å². The van der Waals surface area contributed by atoms with Crippen LogP contribution in [-0.4, -0.2) is 191 Å². The molecule has 49 heavy (non-hydrogen) atoms. The van der Waals surface area contributed by atoms with Crippen molar-refractivity contribution in [2.24, 2.45) is 0 Å². The van der Waals surface area contributed by atoms with E-state index < -0.39 is 120 Å². The van der Waals surface area contributed by atoms with Crippen molar-refractivity contribution < 1.29 is 78.8 Å². The Morgan fingerprint density at radius 1 is 0.592 bits per heavy atom. The van der Waals surface area contributed by atoms with E-state index in [9.17, 15) is 45.6 Å². The Hall–Kier alpha value is 0.940. The zero-order valence-corrected chi connectivity index (χ0v) is 30.8. The summed E-state index contributed by atoms with van der Waals surface area (Å²) in [6.45, 7) is 0.890. The highest BCUT2D eigenvalue weighted by Crippen LogP contribution is 2.39. The van der Waals surface area contributed by atoms with Crippen LogP contribution in [0.4, 0.5) is 0 Å². The topological polar surface area (TPSA) is 244 Å². The fourth-order valence-corrected chi connectivity index (χ4v) is 7.27. The van der Waals surface area contributed by atoms with Gasteiger partial charge in [-0.05, 0) is 0 Å². The second-order valence-electron chi connectivity index (χ2n) is 11.5. The zero-order valence-electron chi connectivity index (χ0n) is 25.5. The molecule has 4 fully saturated rings. The van der Waals surface area contributed by atoms with E-state index in [1.165, 1.54) is 6.92 Å². The summed E-state index contributed by atoms with van der Waals surface area (Å²) in [5, 5.41) is 78.6. The summed E-state index contributed by atoms with van der Waals surface area (Å²) in [6.07, 6.45) is -18.5. The quantitative estimate of drug-likeness (QED) is 0.0872. The molecule has 0 saturated carbocycles. The van der Waals surface area contributed by atoms with Gasteiger partial charge in [-0.3, -0.25) is 4.79 Å². The number of ether oxygens (including phenoxy) is 7. The number of alkyl halides is 7. The molecule has 0 aromatic heterocycles. The number of aliphatic hydroxyl groups excluding tert-OH is 8. The molecule has 0 aromatic carbocycles. The van der Waals surface area contributed by atoms with E-state index in [1.54, 1.807) is 0 Å². The number of hydrogen-bond donors (Lipinski definition) is 8. The average molecular weight is 856 g/mol. The minimum absolute atomic E-state index is 0.0535. The van der Waals surface area contributed by atoms with E-state index in [0.29, 0.717) is 0 Å². The van der Waals surface area contributed by atoms with Crippen LogP contribution in [0.25, 0.3) is 0 Å². The number of aliphatic hydroxyl groups is 8. The van der Waals surface area contributed by atoms with E-state index in [0.717, 1.165) is 0 Å². The van der Waals surface area contributed by atoms with Crippen molar-refractivity contribution in [2.75, 3.05) is 36.0 Å². The monoisotopic (exact) mass is 852 g/mol. The van der Waals surface area contributed by atoms with Crippen LogP contribution >= 0.6 is 81.2 Å². The Bertz CT molecular complexity index is 1060. The Kier molecular flexibility index (Phi) is 17.2. The molecule has 16 nitrogen and oxygen atoms in total. The van der Waals surface area contributed by atoms with Gasteiger partial charge in [-0.2, -0.15) is 0 Å². The lowest BCUT2D eigenvalue weighted by Crippen LogP contribution is -2.61. The lowest BCUT2D eigenvalue weighted by molar-refractivity contribution is -0.357. The SMILES string of the molecule is CC(=O)OCC1OC(OC2(CCl)OC(CCl)C(O)C2O)C(O)C(O)C1Cl.OC1C(OC2(CCl)OC(CCl)C(O)C2O)OC(CCl)C(Cl)C1O. The number of carbonyl (C=O) groups is 1. The van der Waals surface area contributed by atoms with Gasteiger partial charge >= 0.3 is 5.97 Å². The van der Waals surface area contributed by atoms with Crippen LogP contribution < -0.4 is 0 Å². The first-order valence-corrected chi connectivity index (χ1v) is 18.2. The number of esters is 1. The van der Waals surface area contributed by atoms with Crippen molar-refractivity contribution in [3.63, 3.8) is 0 Å². The fraction of sp³-hybridized carbons (Fsp3) is 0.962. The van der Waals surface area contributed by atoms with Gasteiger partial charge in [0, 0.05) is 6.92 Å². The van der Waals surface area contributed by atoms with E-state index in [-0.39, 0.29) is 30.1 Å². The van der Waals surface area contributed by atoms with Crippen LogP contribution in [0, 0.1) is 0 Å². The molecule has 8 N–H and O–H groups in total. The van der Waals surface area contributed by atoms with Crippen molar-refractivity contribution in [1.82, 2.24) is 0 Å². The third kappa shape index (κ3) is 9.61. The fourth-order valence-electron chi connectivity index (χ4n) is 5.28. The van der Waals surface area contributed by atoms with Crippen molar-refractivity contribution in [1.29, 1.82) is 0 Å². The molecule has 0 amide bonds. The zero-order chi connectivity index (χ0) is 37.0. The van der Waals surface area contributed by atoms with E-state index in [4.69, 9.17) is 114 Å². The van der Waals surface area contributed by atoms with Crippen molar-refractivity contribution >= 4 is 87.2 Å². The average Bonchev–Trinajstić information content (AvgIpc) is 3.48. The van der Waals surface area contributed by atoms with Crippen molar-refractivity contribution in [3.8, 4) is 0 Å². The molecular formula is C26H39Cl7O16. The van der Waals surface area contributed by atoms with Gasteiger partial charge in [0.05, 0.1) is 46.3 Å². The Balaban J connectivity index is 0.000000267. The highest BCUT2D eigenvalue weighted by atomic mass is 35.5. The summed E-state index contributed by atoms with van der Waals surface area (Å²) in [6, 6.07) is 0. The number of rotatable bonds is 11. The minimum Gasteiger partial charge on any atom is -0.463 e. The maximum absolute atomic E-state index is 11.0. The molecule has 23 heteroatoms. The lowest BCUT2D eigenvalue weighted by Gasteiger charge is -2.43. The summed E-state index contributed by atoms with van der Waals surface area (Å²) in [4.78, 5) is 11.0. The van der Waals surface area contributed by atoms with Crippen LogP contribution in [0.15, 0.2) is 0 Å². The molecular weight excluding hydrogens is 816 g/mol. The number of carbonyl (C=O) groups excluding carboxylic acids is 1. The summed E-state index contributed by atoms with van der Waals surface area (Å²) in [5.41, 5.74) is 0. The summed E-state index contributed by atoms with van der Waals surface area (Å²) in [7, 11) is 0. The summed E-state index contributed by atoms with van der Waals surface area (Å²) in [5.74, 6) is -5.49. The smallest absolute Gasteiger partial charge is 0.302 e. The molecule has 0 aromatic rings. The molecule has 18 unspecified atom stereocenters. The largest absolute Gasteiger partial charge is 0.463 e. The molecule has 18 atom stereocenters. The van der Waals surface area contributed by atoms with Crippen LogP contribution in [0.1, 0.15) is 6.92 Å². The van der Waals surface area contributed by atoms with Gasteiger partial charge in [0.2, 0.25) is 11.6 Å². The van der Waals surface area contributed by atoms with Gasteiger partial charge < -0.3 is 74.0 Å². The standard InChI is InChI=1S/C14H21Cl3O9.C12H18Cl4O7/c1-5(18)23-3-7-8(17)10(20)11(21)13(24-7)26-14(4-16)12(22)9(19)6(2-15)25-14;13-1-4-6(16)8(18)9(19)11(21-4)23-12(3-15)10(20)7(17)5(2-14)22-12/h6-13,19-22H,2-4H2,1H3;4-11,17-20H,1-3H2. The molecule has 4 saturated heterocycles. The first-order valence-electron chi connectivity index (χ1n) is 14.7. The minimum atomic E-state index is -1.93. The second-order valence-corrected chi connectivity index (χ2v) is 14.0. The molecule has 4 heterocycles. The molecule has 0 radical (unpaired) electrons. The van der Waals surface area contributed by atoms with E-state index >= 15 is 0 Å². The van der Waals surface area contributed by atoms with Gasteiger partial charge in [0.25, 0.3) is 0 Å². The molecule has 4 rings (SSSR count). The maximum atomic E-state index is 11.0. The van der Waals surface area contributed by atoms with E-state index in [1.807, 2.05) is 0 Å². The van der Waals surface area contributed by atoms with Gasteiger partial charge in [0.1, 0.15) is 73.8 Å². The van der Waals surface area contributed by atoms with Gasteiger partial charge in [-0.1, -0.05) is 0 Å². The molecule has 0 spiro atoms. The molecule has 0 bridgehead atoms. The van der Waals surface area contributed by atoms with Crippen LogP contribution in [-0.2, 0) is 38.0 Å². The normalized spacial score (nSPS) is 48.6. The van der Waals surface area contributed by atoms with Crippen LogP contribution in [0.2, 0.25) is 0 Å². The Labute approximate surface area is 315 Å². The molecule has 0 aliphatic carbocycles. The van der Waals surface area contributed by atoms with Crippen molar-refractivity contribution in [2.45, 2.75) is 115 Å². The maximum Gasteiger partial charge on any atom is 0.302 e. The number of halogens is 7. The predicted molar refractivity (Wildman–Crippen MR) is 172 cm³/mol. The van der Waals surface area contributed by atoms with Crippen molar-refractivity contribution in [3.05, 3.63) is 0 Å². The first-order chi connectivity index (χ1) is 23.0. The summed E-state index contributed by atoms with van der Waals surface area (Å²) < 4.78 is 37.6. The van der Waals surface area contributed by atoms with Crippen LogP contribution in [0.3, 0.4) is 0 Å².